The van der Waals surface area contributed by atoms with Gasteiger partial charge < -0.3 is 15.4 Å². The molecule has 2 N–H and O–H groups in total. The van der Waals surface area contributed by atoms with Gasteiger partial charge in [-0.2, -0.15) is 13.2 Å². The van der Waals surface area contributed by atoms with E-state index in [1.165, 1.54) is 25.1 Å². The van der Waals surface area contributed by atoms with Crippen LogP contribution in [0.4, 0.5) is 32.0 Å². The zero-order valence-corrected chi connectivity index (χ0v) is 22.2. The van der Waals surface area contributed by atoms with Gasteiger partial charge in [-0.3, -0.25) is 14.4 Å². The van der Waals surface area contributed by atoms with Crippen molar-refractivity contribution in [1.29, 1.82) is 0 Å². The number of nitrogens with one attached hydrogen (secondary N) is 2. The van der Waals surface area contributed by atoms with Gasteiger partial charge in [-0.05, 0) is 57.9 Å². The van der Waals surface area contributed by atoms with E-state index >= 15 is 0 Å². The third-order valence-electron chi connectivity index (χ3n) is 5.36. The first-order valence-electron chi connectivity index (χ1n) is 11.6. The Morgan fingerprint density at radius 1 is 1.00 bits per heavy atom. The fraction of sp³-hybridized carbons (Fsp3) is 0.423. The second-order valence-electron chi connectivity index (χ2n) is 9.60. The zero-order valence-electron chi connectivity index (χ0n) is 21.4. The molecule has 0 aromatic heterocycles. The minimum absolute atomic E-state index is 0.0305. The molecule has 214 valence electrons. The number of hydrogen-bond donors (Lipinski definition) is 2. The van der Waals surface area contributed by atoms with Crippen LogP contribution < -0.4 is 10.6 Å². The molecule has 6 nitrogen and oxygen atoms in total. The summed E-state index contributed by atoms with van der Waals surface area (Å²) in [7, 11) is 0. The van der Waals surface area contributed by atoms with E-state index in [9.17, 15) is 40.7 Å². The van der Waals surface area contributed by atoms with Crippen molar-refractivity contribution in [2.75, 3.05) is 11.9 Å². The highest BCUT2D eigenvalue weighted by Gasteiger charge is 2.64. The number of carbonyl (C=O) groups is 3. The maximum absolute atomic E-state index is 14.4. The smallest absolute Gasteiger partial charge is 0.432 e. The monoisotopic (exact) mass is 580 g/mol. The lowest BCUT2D eigenvalue weighted by molar-refractivity contribution is -0.274. The number of benzene rings is 2. The number of aryl methyl sites for hydroxylation is 1. The highest BCUT2D eigenvalue weighted by Crippen LogP contribution is 2.47. The standard InChI is InChI=1S/C26H27ClF6N2O4/c1-14-13-15(25(30,23(28)29)26(31,32)33)10-11-18(14)35-21(37)16-7-5-8-17(27)20(16)22(38)34-12-6-9-19(36)39-24(2,3)4/h5,7-8,10-11,13,23H,6,9,12H2,1-4H3,(H,34,38)(H,35,37). The van der Waals surface area contributed by atoms with Gasteiger partial charge in [0.05, 0.1) is 16.1 Å². The Morgan fingerprint density at radius 2 is 1.64 bits per heavy atom. The molecule has 39 heavy (non-hydrogen) atoms. The van der Waals surface area contributed by atoms with Crippen LogP contribution in [0.1, 0.15) is 65.5 Å². The SMILES string of the molecule is Cc1cc(C(F)(C(F)F)C(F)(F)F)ccc1NC(=O)c1cccc(Cl)c1C(=O)NCCCC(=O)OC(C)(C)C. The predicted molar refractivity (Wildman–Crippen MR) is 133 cm³/mol. The molecule has 2 aromatic rings. The van der Waals surface area contributed by atoms with Gasteiger partial charge in [0.15, 0.2) is 0 Å². The third kappa shape index (κ3) is 7.87. The molecule has 0 aliphatic carbocycles. The summed E-state index contributed by atoms with van der Waals surface area (Å²) in [6.07, 6.45) is -9.99. The summed E-state index contributed by atoms with van der Waals surface area (Å²) in [5.74, 6) is -2.07. The molecule has 2 aromatic carbocycles. The number of rotatable bonds is 9. The van der Waals surface area contributed by atoms with E-state index in [2.05, 4.69) is 10.6 Å². The molecule has 2 amide bonds. The van der Waals surface area contributed by atoms with E-state index in [0.717, 1.165) is 6.07 Å². The summed E-state index contributed by atoms with van der Waals surface area (Å²) in [5.41, 5.74) is -7.53. The van der Waals surface area contributed by atoms with Crippen LogP contribution in [0.25, 0.3) is 0 Å². The minimum Gasteiger partial charge on any atom is -0.460 e. The Hall–Kier alpha value is -3.28. The van der Waals surface area contributed by atoms with Gasteiger partial charge in [-0.25, -0.2) is 13.2 Å². The Morgan fingerprint density at radius 3 is 2.18 bits per heavy atom. The summed E-state index contributed by atoms with van der Waals surface area (Å²) >= 11 is 6.15. The van der Waals surface area contributed by atoms with Gasteiger partial charge in [0.2, 0.25) is 0 Å². The second-order valence-corrected chi connectivity index (χ2v) is 10.0. The molecule has 0 aliphatic heterocycles. The number of carbonyl (C=O) groups excluding carboxylic acids is 3. The molecule has 2 rings (SSSR count). The summed E-state index contributed by atoms with van der Waals surface area (Å²) < 4.78 is 84.9. The van der Waals surface area contributed by atoms with Crippen molar-refractivity contribution in [2.24, 2.45) is 0 Å². The van der Waals surface area contributed by atoms with Crippen molar-refractivity contribution in [3.63, 3.8) is 0 Å². The van der Waals surface area contributed by atoms with Crippen molar-refractivity contribution in [3.8, 4) is 0 Å². The van der Waals surface area contributed by atoms with Crippen LogP contribution in [0.15, 0.2) is 36.4 Å². The van der Waals surface area contributed by atoms with E-state index < -0.39 is 47.2 Å². The molecule has 13 heteroatoms. The van der Waals surface area contributed by atoms with Crippen molar-refractivity contribution >= 4 is 35.1 Å². The molecule has 0 aliphatic rings. The first-order chi connectivity index (χ1) is 17.9. The zero-order chi connectivity index (χ0) is 29.8. The average Bonchev–Trinajstić information content (AvgIpc) is 2.80. The maximum atomic E-state index is 14.4. The third-order valence-corrected chi connectivity index (χ3v) is 5.67. The van der Waals surface area contributed by atoms with Crippen molar-refractivity contribution in [2.45, 2.75) is 64.4 Å². The van der Waals surface area contributed by atoms with E-state index in [-0.39, 0.29) is 46.8 Å². The Bertz CT molecular complexity index is 1230. The van der Waals surface area contributed by atoms with Crippen LogP contribution in [-0.4, -0.2) is 42.5 Å². The van der Waals surface area contributed by atoms with Gasteiger partial charge in [0.1, 0.15) is 5.60 Å². The van der Waals surface area contributed by atoms with E-state index in [1.807, 2.05) is 0 Å². The minimum atomic E-state index is -5.88. The van der Waals surface area contributed by atoms with Crippen LogP contribution in [0, 0.1) is 6.92 Å². The van der Waals surface area contributed by atoms with Gasteiger partial charge in [0.25, 0.3) is 23.9 Å². The summed E-state index contributed by atoms with van der Waals surface area (Å²) in [4.78, 5) is 37.6. The van der Waals surface area contributed by atoms with Crippen LogP contribution in [-0.2, 0) is 15.2 Å². The molecule has 0 spiro atoms. The summed E-state index contributed by atoms with van der Waals surface area (Å²) in [5, 5.41) is 4.84. The molecular weight excluding hydrogens is 554 g/mol. The van der Waals surface area contributed by atoms with Gasteiger partial charge in [0, 0.05) is 24.2 Å². The fourth-order valence-corrected chi connectivity index (χ4v) is 3.75. The lowest BCUT2D eigenvalue weighted by atomic mass is 9.93. The fourth-order valence-electron chi connectivity index (χ4n) is 3.49. The van der Waals surface area contributed by atoms with E-state index in [0.29, 0.717) is 12.1 Å². The number of anilines is 1. The lowest BCUT2D eigenvalue weighted by Gasteiger charge is -2.28. The summed E-state index contributed by atoms with van der Waals surface area (Å²) in [6, 6.07) is 5.93. The predicted octanol–water partition coefficient (Wildman–Crippen LogP) is 6.74. The van der Waals surface area contributed by atoms with E-state index in [1.54, 1.807) is 20.8 Å². The molecule has 0 heterocycles. The molecule has 0 radical (unpaired) electrons. The van der Waals surface area contributed by atoms with E-state index in [4.69, 9.17) is 16.3 Å². The number of ether oxygens (including phenoxy) is 1. The van der Waals surface area contributed by atoms with Crippen LogP contribution >= 0.6 is 11.6 Å². The second kappa shape index (κ2) is 12.3. The van der Waals surface area contributed by atoms with Crippen molar-refractivity contribution in [3.05, 3.63) is 63.7 Å². The molecule has 1 atom stereocenters. The van der Waals surface area contributed by atoms with Gasteiger partial charge >= 0.3 is 12.1 Å². The Labute approximate surface area is 226 Å². The largest absolute Gasteiger partial charge is 0.460 e. The molecule has 0 fully saturated rings. The van der Waals surface area contributed by atoms with Gasteiger partial charge in [-0.15, -0.1) is 0 Å². The lowest BCUT2D eigenvalue weighted by Crippen LogP contribution is -2.44. The van der Waals surface area contributed by atoms with Crippen molar-refractivity contribution in [1.82, 2.24) is 5.32 Å². The van der Waals surface area contributed by atoms with Crippen LogP contribution in [0.5, 0.6) is 0 Å². The highest BCUT2D eigenvalue weighted by atomic mass is 35.5. The number of alkyl halides is 6. The Balaban J connectivity index is 2.19. The molecule has 0 saturated heterocycles. The molecular formula is C26H27ClF6N2O4. The first kappa shape index (κ1) is 31.9. The molecule has 0 saturated carbocycles. The first-order valence-corrected chi connectivity index (χ1v) is 12.0. The number of hydrogen-bond acceptors (Lipinski definition) is 4. The van der Waals surface area contributed by atoms with Gasteiger partial charge in [-0.1, -0.05) is 29.8 Å². The topological polar surface area (TPSA) is 84.5 Å². The summed E-state index contributed by atoms with van der Waals surface area (Å²) in [6.45, 7) is 6.39. The number of halogens is 7. The number of amides is 2. The Kier molecular flexibility index (Phi) is 10.0. The van der Waals surface area contributed by atoms with Crippen LogP contribution in [0.2, 0.25) is 5.02 Å². The van der Waals surface area contributed by atoms with Crippen LogP contribution in [0.3, 0.4) is 0 Å². The average molecular weight is 581 g/mol. The normalized spacial score (nSPS) is 13.5. The molecule has 1 unspecified atom stereocenters. The highest BCUT2D eigenvalue weighted by molar-refractivity contribution is 6.35. The quantitative estimate of drug-likeness (QED) is 0.195. The maximum Gasteiger partial charge on any atom is 0.432 e. The number of esters is 1. The van der Waals surface area contributed by atoms with Crippen molar-refractivity contribution < 1.29 is 45.5 Å². The molecule has 0 bridgehead atoms.